The molecule has 0 radical (unpaired) electrons. The molecule has 0 unspecified atom stereocenters. The molecule has 5 heteroatoms. The van der Waals surface area contributed by atoms with Gasteiger partial charge in [0, 0.05) is 22.8 Å². The number of anilines is 1. The standard InChI is InChI=1S/C16H29N5/c1-10(17)7-13-14(18)21(11(2)19-13)12-8-15(3,4)20-16(5,6)9-12/h7,12,20H,8-9,17-18H2,1-6H3/b10-7-. The van der Waals surface area contributed by atoms with E-state index in [0.717, 1.165) is 35.9 Å². The predicted octanol–water partition coefficient (Wildman–Crippen LogP) is 2.57. The van der Waals surface area contributed by atoms with Gasteiger partial charge in [0.2, 0.25) is 0 Å². The fourth-order valence-corrected chi connectivity index (χ4v) is 3.82. The van der Waals surface area contributed by atoms with Crippen LogP contribution in [0.25, 0.3) is 6.08 Å². The van der Waals surface area contributed by atoms with Crippen LogP contribution in [-0.2, 0) is 0 Å². The normalized spacial score (nSPS) is 22.5. The highest BCUT2D eigenvalue weighted by molar-refractivity contribution is 5.60. The molecule has 0 saturated carbocycles. The van der Waals surface area contributed by atoms with Crippen molar-refractivity contribution in [3.8, 4) is 0 Å². The summed E-state index contributed by atoms with van der Waals surface area (Å²) in [6.45, 7) is 12.8. The van der Waals surface area contributed by atoms with Crippen LogP contribution in [0.3, 0.4) is 0 Å². The molecule has 1 saturated heterocycles. The van der Waals surface area contributed by atoms with Gasteiger partial charge in [-0.15, -0.1) is 0 Å². The van der Waals surface area contributed by atoms with Gasteiger partial charge in [-0.05, 0) is 60.5 Å². The SMILES string of the molecule is C/C(N)=C/c1nc(C)n(C2CC(C)(C)NC(C)(C)C2)c1N. The summed E-state index contributed by atoms with van der Waals surface area (Å²) in [6, 6.07) is 0.351. The molecule has 0 aromatic carbocycles. The van der Waals surface area contributed by atoms with Crippen LogP contribution in [0.1, 0.15) is 65.0 Å². The Morgan fingerprint density at radius 1 is 1.29 bits per heavy atom. The number of aromatic nitrogens is 2. The largest absolute Gasteiger partial charge is 0.402 e. The van der Waals surface area contributed by atoms with Gasteiger partial charge < -0.3 is 21.4 Å². The third-order valence-electron chi connectivity index (χ3n) is 4.05. The summed E-state index contributed by atoms with van der Waals surface area (Å²) < 4.78 is 2.18. The zero-order valence-electron chi connectivity index (χ0n) is 14.1. The van der Waals surface area contributed by atoms with Crippen LogP contribution in [0.4, 0.5) is 5.82 Å². The summed E-state index contributed by atoms with van der Waals surface area (Å²) in [7, 11) is 0. The molecule has 1 fully saturated rings. The lowest BCUT2D eigenvalue weighted by Crippen LogP contribution is -2.58. The fraction of sp³-hybridized carbons (Fsp3) is 0.688. The highest BCUT2D eigenvalue weighted by Gasteiger charge is 2.39. The topological polar surface area (TPSA) is 81.9 Å². The molecule has 2 heterocycles. The van der Waals surface area contributed by atoms with Crippen LogP contribution in [0, 0.1) is 6.92 Å². The number of hydrogen-bond acceptors (Lipinski definition) is 4. The molecule has 0 aliphatic carbocycles. The number of aryl methyl sites for hydroxylation is 1. The van der Waals surface area contributed by atoms with E-state index < -0.39 is 0 Å². The first-order chi connectivity index (χ1) is 9.51. The summed E-state index contributed by atoms with van der Waals surface area (Å²) in [6.07, 6.45) is 3.90. The minimum Gasteiger partial charge on any atom is -0.402 e. The molecule has 0 bridgehead atoms. The van der Waals surface area contributed by atoms with Crippen molar-refractivity contribution >= 4 is 11.9 Å². The first-order valence-corrected chi connectivity index (χ1v) is 7.58. The van der Waals surface area contributed by atoms with Crippen LogP contribution in [0.5, 0.6) is 0 Å². The van der Waals surface area contributed by atoms with Gasteiger partial charge in [0.15, 0.2) is 0 Å². The van der Waals surface area contributed by atoms with E-state index in [4.69, 9.17) is 11.5 Å². The minimum absolute atomic E-state index is 0.0787. The van der Waals surface area contributed by atoms with E-state index in [1.807, 2.05) is 19.9 Å². The summed E-state index contributed by atoms with van der Waals surface area (Å²) in [5.41, 5.74) is 13.8. The first kappa shape index (κ1) is 15.9. The number of nitrogen functional groups attached to an aromatic ring is 1. The third kappa shape index (κ3) is 3.40. The molecule has 1 aromatic heterocycles. The Balaban J connectivity index is 2.42. The maximum atomic E-state index is 6.34. The average molecular weight is 291 g/mol. The Kier molecular flexibility index (Phi) is 3.82. The van der Waals surface area contributed by atoms with E-state index in [-0.39, 0.29) is 11.1 Å². The van der Waals surface area contributed by atoms with Crippen molar-refractivity contribution in [2.45, 2.75) is 71.5 Å². The summed E-state index contributed by atoms with van der Waals surface area (Å²) in [5, 5.41) is 3.70. The number of nitrogens with two attached hydrogens (primary N) is 2. The lowest BCUT2D eigenvalue weighted by molar-refractivity contribution is 0.132. The lowest BCUT2D eigenvalue weighted by atomic mass is 9.79. The first-order valence-electron chi connectivity index (χ1n) is 7.58. The molecule has 0 atom stereocenters. The molecule has 0 spiro atoms. The molecular weight excluding hydrogens is 262 g/mol. The second kappa shape index (κ2) is 5.05. The highest BCUT2D eigenvalue weighted by atomic mass is 15.2. The molecular formula is C16H29N5. The highest BCUT2D eigenvalue weighted by Crippen LogP contribution is 2.38. The van der Waals surface area contributed by atoms with Crippen molar-refractivity contribution in [2.24, 2.45) is 5.73 Å². The maximum absolute atomic E-state index is 6.34. The quantitative estimate of drug-likeness (QED) is 0.782. The van der Waals surface area contributed by atoms with Crippen LogP contribution >= 0.6 is 0 Å². The van der Waals surface area contributed by atoms with Gasteiger partial charge in [0.1, 0.15) is 17.3 Å². The average Bonchev–Trinajstić information content (AvgIpc) is 2.48. The van der Waals surface area contributed by atoms with E-state index >= 15 is 0 Å². The molecule has 5 N–H and O–H groups in total. The number of piperidine rings is 1. The Morgan fingerprint density at radius 2 is 1.81 bits per heavy atom. The van der Waals surface area contributed by atoms with Gasteiger partial charge in [-0.1, -0.05) is 0 Å². The van der Waals surface area contributed by atoms with Gasteiger partial charge in [0.05, 0.1) is 0 Å². The van der Waals surface area contributed by atoms with Gasteiger partial charge >= 0.3 is 0 Å². The molecule has 1 aromatic rings. The number of hydrogen-bond donors (Lipinski definition) is 3. The van der Waals surface area contributed by atoms with E-state index in [1.165, 1.54) is 0 Å². The van der Waals surface area contributed by atoms with Crippen molar-refractivity contribution in [1.29, 1.82) is 0 Å². The van der Waals surface area contributed by atoms with E-state index in [0.29, 0.717) is 6.04 Å². The number of nitrogens with one attached hydrogen (secondary N) is 1. The molecule has 21 heavy (non-hydrogen) atoms. The zero-order chi connectivity index (χ0) is 16.0. The predicted molar refractivity (Wildman–Crippen MR) is 88.8 cm³/mol. The molecule has 2 rings (SSSR count). The summed E-state index contributed by atoms with van der Waals surface area (Å²) >= 11 is 0. The number of rotatable bonds is 2. The van der Waals surface area contributed by atoms with E-state index in [2.05, 4.69) is 42.6 Å². The Bertz CT molecular complexity index is 545. The minimum atomic E-state index is 0.0787. The molecule has 1 aliphatic rings. The summed E-state index contributed by atoms with van der Waals surface area (Å²) in [4.78, 5) is 4.58. The van der Waals surface area contributed by atoms with Crippen molar-refractivity contribution in [2.75, 3.05) is 5.73 Å². The Morgan fingerprint density at radius 3 is 2.29 bits per heavy atom. The van der Waals surface area contributed by atoms with Gasteiger partial charge in [0.25, 0.3) is 0 Å². The number of nitrogens with zero attached hydrogens (tertiary/aromatic N) is 2. The number of allylic oxidation sites excluding steroid dienone is 1. The Labute approximate surface area is 127 Å². The zero-order valence-corrected chi connectivity index (χ0v) is 14.1. The third-order valence-corrected chi connectivity index (χ3v) is 4.05. The molecule has 1 aliphatic heterocycles. The fourth-order valence-electron chi connectivity index (χ4n) is 3.82. The van der Waals surface area contributed by atoms with Crippen LogP contribution < -0.4 is 16.8 Å². The Hall–Kier alpha value is -1.49. The lowest BCUT2D eigenvalue weighted by Gasteiger charge is -2.47. The number of imidazole rings is 1. The van der Waals surface area contributed by atoms with Crippen LogP contribution in [0.2, 0.25) is 0 Å². The van der Waals surface area contributed by atoms with Crippen LogP contribution in [-0.4, -0.2) is 20.6 Å². The molecule has 0 amide bonds. The second-order valence-corrected chi connectivity index (χ2v) is 7.64. The van der Waals surface area contributed by atoms with E-state index in [1.54, 1.807) is 0 Å². The van der Waals surface area contributed by atoms with Crippen molar-refractivity contribution in [3.63, 3.8) is 0 Å². The van der Waals surface area contributed by atoms with Crippen molar-refractivity contribution in [1.82, 2.24) is 14.9 Å². The van der Waals surface area contributed by atoms with Gasteiger partial charge in [-0.25, -0.2) is 4.98 Å². The van der Waals surface area contributed by atoms with E-state index in [9.17, 15) is 0 Å². The maximum Gasteiger partial charge on any atom is 0.131 e. The van der Waals surface area contributed by atoms with Crippen molar-refractivity contribution < 1.29 is 0 Å². The van der Waals surface area contributed by atoms with Crippen LogP contribution in [0.15, 0.2) is 5.70 Å². The summed E-state index contributed by atoms with van der Waals surface area (Å²) in [5.74, 6) is 1.68. The second-order valence-electron chi connectivity index (χ2n) is 7.64. The van der Waals surface area contributed by atoms with Crippen molar-refractivity contribution in [3.05, 3.63) is 17.2 Å². The molecule has 118 valence electrons. The smallest absolute Gasteiger partial charge is 0.131 e. The van der Waals surface area contributed by atoms with Gasteiger partial charge in [-0.3, -0.25) is 0 Å². The van der Waals surface area contributed by atoms with Gasteiger partial charge in [-0.2, -0.15) is 0 Å². The molecule has 5 nitrogen and oxygen atoms in total. The monoisotopic (exact) mass is 291 g/mol.